The lowest BCUT2D eigenvalue weighted by Gasteiger charge is -2.43. The molecule has 9 nitrogen and oxygen atoms in total. The van der Waals surface area contributed by atoms with Crippen LogP contribution in [0, 0.1) is 6.92 Å². The molecule has 0 radical (unpaired) electrons. The first-order valence-electron chi connectivity index (χ1n) is 10.2. The first-order valence-corrected chi connectivity index (χ1v) is 12.0. The van der Waals surface area contributed by atoms with Gasteiger partial charge in [-0.15, -0.1) is 0 Å². The van der Waals surface area contributed by atoms with Crippen LogP contribution >= 0.6 is 0 Å². The van der Waals surface area contributed by atoms with Crippen molar-refractivity contribution in [2.24, 2.45) is 0 Å². The molecule has 29 heavy (non-hydrogen) atoms. The van der Waals surface area contributed by atoms with Crippen LogP contribution in [0.3, 0.4) is 0 Å². The van der Waals surface area contributed by atoms with E-state index < -0.39 is 10.0 Å². The van der Waals surface area contributed by atoms with Gasteiger partial charge in [0.05, 0.1) is 6.26 Å². The van der Waals surface area contributed by atoms with Crippen LogP contribution in [-0.4, -0.2) is 97.0 Å². The lowest BCUT2D eigenvalue weighted by molar-refractivity contribution is 0.0542. The van der Waals surface area contributed by atoms with Crippen LogP contribution in [0.4, 0.5) is 5.82 Å². The molecule has 0 bridgehead atoms. The molecule has 3 rings (SSSR count). The summed E-state index contributed by atoms with van der Waals surface area (Å²) in [7, 11) is 0.318. The van der Waals surface area contributed by atoms with Crippen molar-refractivity contribution in [2.45, 2.75) is 44.7 Å². The number of anilines is 1. The molecule has 1 aromatic rings. The van der Waals surface area contributed by atoms with E-state index in [9.17, 15) is 13.2 Å². The molecule has 162 valence electrons. The van der Waals surface area contributed by atoms with Gasteiger partial charge in [0.15, 0.2) is 0 Å². The van der Waals surface area contributed by atoms with Gasteiger partial charge < -0.3 is 15.1 Å². The molecule has 0 saturated carbocycles. The van der Waals surface area contributed by atoms with Crippen LogP contribution < -0.4 is 5.32 Å². The monoisotopic (exact) mass is 424 g/mol. The van der Waals surface area contributed by atoms with Crippen molar-refractivity contribution in [3.05, 3.63) is 17.6 Å². The second kappa shape index (κ2) is 8.93. The summed E-state index contributed by atoms with van der Waals surface area (Å²) in [5.74, 6) is 0.647. The van der Waals surface area contributed by atoms with Crippen molar-refractivity contribution in [3.8, 4) is 0 Å². The fraction of sp³-hybridized carbons (Fsp3) is 0.737. The number of carbonyl (C=O) groups excluding carboxylic acids is 1. The highest BCUT2D eigenvalue weighted by Crippen LogP contribution is 2.25. The van der Waals surface area contributed by atoms with Crippen molar-refractivity contribution < 1.29 is 13.2 Å². The van der Waals surface area contributed by atoms with Crippen LogP contribution in [0.1, 0.15) is 41.7 Å². The third kappa shape index (κ3) is 4.87. The summed E-state index contributed by atoms with van der Waals surface area (Å²) < 4.78 is 25.0. The Morgan fingerprint density at radius 3 is 2.31 bits per heavy atom. The minimum Gasteiger partial charge on any atom is -0.373 e. The highest BCUT2D eigenvalue weighted by Gasteiger charge is 2.33. The van der Waals surface area contributed by atoms with Gasteiger partial charge in [-0.05, 0) is 45.7 Å². The molecular formula is C19H32N6O3S. The van der Waals surface area contributed by atoms with Crippen molar-refractivity contribution in [1.82, 2.24) is 24.1 Å². The molecule has 0 unspecified atom stereocenters. The van der Waals surface area contributed by atoms with Gasteiger partial charge in [-0.3, -0.25) is 4.79 Å². The molecule has 2 fully saturated rings. The van der Waals surface area contributed by atoms with Crippen LogP contribution in [0.2, 0.25) is 0 Å². The van der Waals surface area contributed by atoms with Crippen molar-refractivity contribution in [1.29, 1.82) is 0 Å². The Morgan fingerprint density at radius 1 is 1.14 bits per heavy atom. The topological polar surface area (TPSA) is 98.7 Å². The third-order valence-corrected chi connectivity index (χ3v) is 7.67. The number of sulfonamides is 1. The number of carbonyl (C=O) groups is 1. The summed E-state index contributed by atoms with van der Waals surface area (Å²) in [5.41, 5.74) is 1.24. The van der Waals surface area contributed by atoms with Crippen molar-refractivity contribution >= 4 is 21.7 Å². The van der Waals surface area contributed by atoms with Gasteiger partial charge in [0.25, 0.3) is 5.91 Å². The normalized spacial score (nSPS) is 20.2. The number of piperidine rings is 2. The van der Waals surface area contributed by atoms with Crippen molar-refractivity contribution in [3.63, 3.8) is 0 Å². The van der Waals surface area contributed by atoms with Crippen molar-refractivity contribution in [2.75, 3.05) is 51.8 Å². The molecule has 10 heteroatoms. The number of hydrogen-bond donors (Lipinski definition) is 1. The molecule has 0 spiro atoms. The van der Waals surface area contributed by atoms with Gasteiger partial charge in [0.2, 0.25) is 10.0 Å². The van der Waals surface area contributed by atoms with Crippen LogP contribution in [0.25, 0.3) is 0 Å². The highest BCUT2D eigenvalue weighted by atomic mass is 32.2. The summed E-state index contributed by atoms with van der Waals surface area (Å²) >= 11 is 0. The Hall–Kier alpha value is -1.78. The molecule has 0 aromatic carbocycles. The Labute approximate surface area is 173 Å². The summed E-state index contributed by atoms with van der Waals surface area (Å²) in [6.07, 6.45) is 6.27. The predicted octanol–water partition coefficient (Wildman–Crippen LogP) is 0.787. The Balaban J connectivity index is 1.53. The van der Waals surface area contributed by atoms with Gasteiger partial charge in [0.1, 0.15) is 17.8 Å². The molecule has 1 N–H and O–H groups in total. The fourth-order valence-corrected chi connectivity index (χ4v) is 5.14. The second-order valence-electron chi connectivity index (χ2n) is 8.02. The third-order valence-electron chi connectivity index (χ3n) is 6.33. The average Bonchev–Trinajstić information content (AvgIpc) is 2.72. The maximum atomic E-state index is 12.9. The SMILES string of the molecule is CNc1ncnc(C(=O)N2CCC(N3CCC(N(C)S(C)(=O)=O)CC3)CC2)c1C. The first kappa shape index (κ1) is 21.9. The highest BCUT2D eigenvalue weighted by molar-refractivity contribution is 7.88. The molecule has 2 aliphatic rings. The zero-order valence-electron chi connectivity index (χ0n) is 17.8. The largest absolute Gasteiger partial charge is 0.373 e. The van der Waals surface area contributed by atoms with E-state index in [0.717, 1.165) is 44.3 Å². The van der Waals surface area contributed by atoms with E-state index in [2.05, 4.69) is 20.2 Å². The standard InChI is InChI=1S/C19H32N6O3S/c1-14-17(21-13-22-18(14)20-2)19(26)25-11-7-16(8-12-25)24-9-5-15(6-10-24)23(3)29(4,27)28/h13,15-16H,5-12H2,1-4H3,(H,20,21,22). The molecule has 0 aliphatic carbocycles. The van der Waals surface area contributed by atoms with Crippen LogP contribution in [0.5, 0.6) is 0 Å². The summed E-state index contributed by atoms with van der Waals surface area (Å²) in [6.45, 7) is 5.10. The molecule has 1 amide bonds. The molecule has 3 heterocycles. The average molecular weight is 425 g/mol. The van der Waals surface area contributed by atoms with E-state index in [1.54, 1.807) is 14.1 Å². The lowest BCUT2D eigenvalue weighted by Crippen LogP contribution is -2.52. The van der Waals surface area contributed by atoms with Gasteiger partial charge in [-0.1, -0.05) is 0 Å². The predicted molar refractivity (Wildman–Crippen MR) is 112 cm³/mol. The number of nitrogens with zero attached hydrogens (tertiary/aromatic N) is 5. The van der Waals surface area contributed by atoms with Crippen LogP contribution in [0.15, 0.2) is 6.33 Å². The smallest absolute Gasteiger partial charge is 0.272 e. The Kier molecular flexibility index (Phi) is 6.75. The molecular weight excluding hydrogens is 392 g/mol. The van der Waals surface area contributed by atoms with Gasteiger partial charge in [0, 0.05) is 44.8 Å². The summed E-state index contributed by atoms with van der Waals surface area (Å²) in [5, 5.41) is 2.99. The number of nitrogens with one attached hydrogen (secondary N) is 1. The number of rotatable bonds is 5. The minimum atomic E-state index is -3.14. The zero-order chi connectivity index (χ0) is 21.2. The van der Waals surface area contributed by atoms with E-state index in [1.807, 2.05) is 11.8 Å². The summed E-state index contributed by atoms with van der Waals surface area (Å²) in [4.78, 5) is 25.6. The second-order valence-corrected chi connectivity index (χ2v) is 10.1. The van der Waals surface area contributed by atoms with Gasteiger partial charge in [-0.25, -0.2) is 22.7 Å². The number of amides is 1. The number of hydrogen-bond acceptors (Lipinski definition) is 7. The quantitative estimate of drug-likeness (QED) is 0.746. The molecule has 2 aliphatic heterocycles. The number of aromatic nitrogens is 2. The maximum absolute atomic E-state index is 12.9. The Morgan fingerprint density at radius 2 is 1.76 bits per heavy atom. The lowest BCUT2D eigenvalue weighted by atomic mass is 9.97. The Bertz CT molecular complexity index is 830. The van der Waals surface area contributed by atoms with Crippen LogP contribution in [-0.2, 0) is 10.0 Å². The molecule has 2 saturated heterocycles. The molecule has 0 atom stereocenters. The van der Waals surface area contributed by atoms with E-state index in [1.165, 1.54) is 16.9 Å². The zero-order valence-corrected chi connectivity index (χ0v) is 18.6. The first-order chi connectivity index (χ1) is 13.7. The minimum absolute atomic E-state index is 0.0339. The van der Waals surface area contributed by atoms with Gasteiger partial charge in [-0.2, -0.15) is 0 Å². The van der Waals surface area contributed by atoms with E-state index in [4.69, 9.17) is 0 Å². The number of likely N-dealkylation sites (tertiary alicyclic amines) is 2. The summed E-state index contributed by atoms with van der Waals surface area (Å²) in [6, 6.07) is 0.535. The molecule has 1 aromatic heterocycles. The maximum Gasteiger partial charge on any atom is 0.272 e. The van der Waals surface area contributed by atoms with E-state index in [0.29, 0.717) is 30.6 Å². The fourth-order valence-electron chi connectivity index (χ4n) is 4.39. The van der Waals surface area contributed by atoms with E-state index in [-0.39, 0.29) is 11.9 Å². The van der Waals surface area contributed by atoms with Gasteiger partial charge >= 0.3 is 0 Å². The van der Waals surface area contributed by atoms with E-state index >= 15 is 0 Å².